The van der Waals surface area contributed by atoms with Crippen LogP contribution in [0.15, 0.2) is 18.2 Å². The summed E-state index contributed by atoms with van der Waals surface area (Å²) in [5, 5.41) is 12.2. The van der Waals surface area contributed by atoms with Crippen molar-refractivity contribution >= 4 is 17.8 Å². The highest BCUT2D eigenvalue weighted by atomic mass is 16.4. The lowest BCUT2D eigenvalue weighted by molar-refractivity contribution is -0.128. The molecule has 6 nitrogen and oxygen atoms in total. The van der Waals surface area contributed by atoms with Gasteiger partial charge in [0.25, 0.3) is 5.91 Å². The van der Waals surface area contributed by atoms with Gasteiger partial charge in [-0.1, -0.05) is 20.8 Å². The van der Waals surface area contributed by atoms with Gasteiger partial charge in [-0.25, -0.2) is 4.79 Å². The van der Waals surface area contributed by atoms with Crippen LogP contribution in [0, 0.1) is 18.3 Å². The molecule has 0 spiro atoms. The number of nitrogens with one attached hydrogen (secondary N) is 1. The third kappa shape index (κ3) is 5.07. The van der Waals surface area contributed by atoms with Crippen LogP contribution in [0.5, 0.6) is 0 Å². The van der Waals surface area contributed by atoms with E-state index in [0.29, 0.717) is 25.2 Å². The van der Waals surface area contributed by atoms with Crippen LogP contribution in [-0.2, 0) is 4.79 Å². The highest BCUT2D eigenvalue weighted by molar-refractivity contribution is 5.97. The van der Waals surface area contributed by atoms with Gasteiger partial charge >= 0.3 is 5.97 Å². The second-order valence-electron chi connectivity index (χ2n) is 8.11. The monoisotopic (exact) mass is 360 g/mol. The fourth-order valence-electron chi connectivity index (χ4n) is 3.13. The van der Waals surface area contributed by atoms with E-state index in [1.165, 1.54) is 6.07 Å². The smallest absolute Gasteiger partial charge is 0.335 e. The quantitative estimate of drug-likeness (QED) is 0.864. The van der Waals surface area contributed by atoms with E-state index in [9.17, 15) is 19.5 Å². The number of nitrogens with zero attached hydrogens (tertiary/aromatic N) is 1. The molecule has 0 aromatic heterocycles. The standard InChI is InChI=1S/C20H28N2O4/c1-13-8-15(10-16(9-13)18(24)25)17(23)22-7-5-6-14(12-22)11-21-19(26)20(2,3)4/h8-10,14H,5-7,11-12H2,1-4H3,(H,21,26)(H,24,25). The third-order valence-corrected chi connectivity index (χ3v) is 4.61. The van der Waals surface area contributed by atoms with Gasteiger partial charge in [0.2, 0.25) is 5.91 Å². The summed E-state index contributed by atoms with van der Waals surface area (Å²) < 4.78 is 0. The second kappa shape index (κ2) is 7.89. The Kier molecular flexibility index (Phi) is 6.05. The average Bonchev–Trinajstić information content (AvgIpc) is 2.57. The Morgan fingerprint density at radius 1 is 1.19 bits per heavy atom. The van der Waals surface area contributed by atoms with Gasteiger partial charge in [-0.05, 0) is 49.4 Å². The first-order valence-electron chi connectivity index (χ1n) is 9.00. The molecule has 26 heavy (non-hydrogen) atoms. The first kappa shape index (κ1) is 19.9. The number of aromatic carboxylic acids is 1. The van der Waals surface area contributed by atoms with E-state index in [0.717, 1.165) is 18.4 Å². The van der Waals surface area contributed by atoms with Crippen molar-refractivity contribution in [2.75, 3.05) is 19.6 Å². The first-order valence-corrected chi connectivity index (χ1v) is 9.00. The zero-order valence-electron chi connectivity index (χ0n) is 16.0. The Bertz CT molecular complexity index is 706. The summed E-state index contributed by atoms with van der Waals surface area (Å²) >= 11 is 0. The summed E-state index contributed by atoms with van der Waals surface area (Å²) in [5.74, 6) is -0.972. The van der Waals surface area contributed by atoms with Gasteiger partial charge in [0, 0.05) is 30.6 Å². The fourth-order valence-corrected chi connectivity index (χ4v) is 3.13. The van der Waals surface area contributed by atoms with Gasteiger partial charge in [-0.15, -0.1) is 0 Å². The summed E-state index contributed by atoms with van der Waals surface area (Å²) in [6, 6.07) is 4.71. The van der Waals surface area contributed by atoms with E-state index in [1.807, 2.05) is 20.8 Å². The lowest BCUT2D eigenvalue weighted by Crippen LogP contribution is -2.45. The first-order chi connectivity index (χ1) is 12.1. The minimum atomic E-state index is -1.04. The normalized spacial score (nSPS) is 17.7. The van der Waals surface area contributed by atoms with Crippen molar-refractivity contribution in [3.05, 3.63) is 34.9 Å². The molecule has 2 rings (SSSR count). The van der Waals surface area contributed by atoms with Crippen molar-refractivity contribution in [2.45, 2.75) is 40.5 Å². The van der Waals surface area contributed by atoms with Crippen LogP contribution in [0.1, 0.15) is 59.9 Å². The molecule has 1 aliphatic heterocycles. The molecular formula is C20H28N2O4. The molecule has 1 aliphatic rings. The number of likely N-dealkylation sites (tertiary alicyclic amines) is 1. The van der Waals surface area contributed by atoms with E-state index >= 15 is 0 Å². The number of carboxylic acid groups (broad SMARTS) is 1. The number of aryl methyl sites for hydroxylation is 1. The summed E-state index contributed by atoms with van der Waals surface area (Å²) in [6.45, 7) is 9.17. The molecule has 2 N–H and O–H groups in total. The van der Waals surface area contributed by atoms with Gasteiger partial charge < -0.3 is 15.3 Å². The average molecular weight is 360 g/mol. The Morgan fingerprint density at radius 2 is 1.85 bits per heavy atom. The van der Waals surface area contributed by atoms with Crippen molar-refractivity contribution in [3.8, 4) is 0 Å². The fraction of sp³-hybridized carbons (Fsp3) is 0.550. The number of piperidine rings is 1. The van der Waals surface area contributed by atoms with Crippen LogP contribution in [-0.4, -0.2) is 47.4 Å². The van der Waals surface area contributed by atoms with Crippen LogP contribution in [0.3, 0.4) is 0 Å². The molecule has 142 valence electrons. The maximum atomic E-state index is 12.8. The second-order valence-corrected chi connectivity index (χ2v) is 8.11. The number of benzene rings is 1. The number of rotatable bonds is 4. The predicted octanol–water partition coefficient (Wildman–Crippen LogP) is 2.71. The van der Waals surface area contributed by atoms with Crippen molar-refractivity contribution < 1.29 is 19.5 Å². The lowest BCUT2D eigenvalue weighted by atomic mass is 9.93. The topological polar surface area (TPSA) is 86.7 Å². The molecule has 1 atom stereocenters. The molecular weight excluding hydrogens is 332 g/mol. The van der Waals surface area contributed by atoms with Crippen LogP contribution in [0.25, 0.3) is 0 Å². The molecule has 0 radical (unpaired) electrons. The van der Waals surface area contributed by atoms with E-state index in [4.69, 9.17) is 0 Å². The van der Waals surface area contributed by atoms with Gasteiger partial charge in [-0.3, -0.25) is 9.59 Å². The third-order valence-electron chi connectivity index (χ3n) is 4.61. The van der Waals surface area contributed by atoms with Gasteiger partial charge in [0.15, 0.2) is 0 Å². The van der Waals surface area contributed by atoms with Crippen LogP contribution < -0.4 is 5.32 Å². The summed E-state index contributed by atoms with van der Waals surface area (Å²) in [4.78, 5) is 37.8. The minimum absolute atomic E-state index is 0.00531. The zero-order valence-corrected chi connectivity index (χ0v) is 16.0. The molecule has 1 aromatic rings. The van der Waals surface area contributed by atoms with Crippen LogP contribution in [0.4, 0.5) is 0 Å². The number of carbonyl (C=O) groups excluding carboxylic acids is 2. The van der Waals surface area contributed by atoms with Crippen molar-refractivity contribution in [3.63, 3.8) is 0 Å². The molecule has 1 unspecified atom stereocenters. The van der Waals surface area contributed by atoms with Gasteiger partial charge in [-0.2, -0.15) is 0 Å². The number of hydrogen-bond acceptors (Lipinski definition) is 3. The van der Waals surface area contributed by atoms with Crippen LogP contribution in [0.2, 0.25) is 0 Å². The predicted molar refractivity (Wildman–Crippen MR) is 99.2 cm³/mol. The number of carbonyl (C=O) groups is 3. The Labute approximate surface area is 154 Å². The van der Waals surface area contributed by atoms with E-state index in [-0.39, 0.29) is 23.3 Å². The maximum absolute atomic E-state index is 12.8. The SMILES string of the molecule is Cc1cc(C(=O)O)cc(C(=O)N2CCCC(CNC(=O)C(C)(C)C)C2)c1. The number of hydrogen-bond donors (Lipinski definition) is 2. The van der Waals surface area contributed by atoms with E-state index < -0.39 is 11.4 Å². The summed E-state index contributed by atoms with van der Waals surface area (Å²) in [6.07, 6.45) is 1.84. The summed E-state index contributed by atoms with van der Waals surface area (Å²) in [7, 11) is 0. The highest BCUT2D eigenvalue weighted by Gasteiger charge is 2.27. The maximum Gasteiger partial charge on any atom is 0.335 e. The molecule has 6 heteroatoms. The highest BCUT2D eigenvalue weighted by Crippen LogP contribution is 2.20. The molecule has 0 saturated carbocycles. The summed E-state index contributed by atoms with van der Waals surface area (Å²) in [5.41, 5.74) is 0.847. The van der Waals surface area contributed by atoms with Crippen molar-refractivity contribution in [2.24, 2.45) is 11.3 Å². The largest absolute Gasteiger partial charge is 0.478 e. The Balaban J connectivity index is 2.04. The van der Waals surface area contributed by atoms with Crippen molar-refractivity contribution in [1.29, 1.82) is 0 Å². The molecule has 0 bridgehead atoms. The molecule has 1 fully saturated rings. The molecule has 1 heterocycles. The molecule has 0 aliphatic carbocycles. The van der Waals surface area contributed by atoms with Gasteiger partial charge in [0.1, 0.15) is 0 Å². The lowest BCUT2D eigenvalue weighted by Gasteiger charge is -2.33. The Hall–Kier alpha value is -2.37. The molecule has 2 amide bonds. The Morgan fingerprint density at radius 3 is 2.46 bits per heavy atom. The minimum Gasteiger partial charge on any atom is -0.478 e. The molecule has 1 aromatic carbocycles. The van der Waals surface area contributed by atoms with E-state index in [1.54, 1.807) is 24.0 Å². The van der Waals surface area contributed by atoms with Crippen LogP contribution >= 0.6 is 0 Å². The zero-order chi connectivity index (χ0) is 19.5. The van der Waals surface area contributed by atoms with E-state index in [2.05, 4.69) is 5.32 Å². The van der Waals surface area contributed by atoms with Gasteiger partial charge in [0.05, 0.1) is 5.56 Å². The number of amides is 2. The van der Waals surface area contributed by atoms with Crippen molar-refractivity contribution in [1.82, 2.24) is 10.2 Å². The number of carboxylic acids is 1. The molecule has 1 saturated heterocycles.